The number of rotatable bonds is 6. The molecule has 0 aromatic heterocycles. The number of hydroxylamine groups is 1. The van der Waals surface area contributed by atoms with Crippen molar-refractivity contribution >= 4 is 33.4 Å². The molecule has 1 amide bonds. The van der Waals surface area contributed by atoms with Gasteiger partial charge in [-0.2, -0.15) is 17.4 Å². The van der Waals surface area contributed by atoms with Crippen molar-refractivity contribution in [1.29, 1.82) is 0 Å². The normalized spacial score (nSPS) is 17.5. The lowest BCUT2D eigenvalue weighted by Gasteiger charge is -2.35. The van der Waals surface area contributed by atoms with Crippen LogP contribution in [0.2, 0.25) is 5.02 Å². The molecule has 0 bridgehead atoms. The van der Waals surface area contributed by atoms with E-state index in [4.69, 9.17) is 16.8 Å². The summed E-state index contributed by atoms with van der Waals surface area (Å²) in [6, 6.07) is 6.36. The highest BCUT2D eigenvalue weighted by Gasteiger charge is 2.30. The van der Waals surface area contributed by atoms with Gasteiger partial charge in [-0.15, -0.1) is 0 Å². The Bertz CT molecular complexity index is 660. The second-order valence-electron chi connectivity index (χ2n) is 5.42. The van der Waals surface area contributed by atoms with E-state index in [1.807, 2.05) is 12.1 Å². The van der Waals surface area contributed by atoms with Gasteiger partial charge in [0.15, 0.2) is 0 Å². The minimum absolute atomic E-state index is 0.233. The molecule has 0 radical (unpaired) electrons. The first kappa shape index (κ1) is 18.9. The average molecular weight is 377 g/mol. The van der Waals surface area contributed by atoms with Crippen LogP contribution in [-0.4, -0.2) is 56.1 Å². The molecule has 10 heteroatoms. The van der Waals surface area contributed by atoms with E-state index in [-0.39, 0.29) is 6.42 Å². The van der Waals surface area contributed by atoms with Gasteiger partial charge in [0.1, 0.15) is 6.04 Å². The van der Waals surface area contributed by atoms with Crippen molar-refractivity contribution in [2.24, 2.45) is 0 Å². The molecule has 1 heterocycles. The van der Waals surface area contributed by atoms with Crippen LogP contribution < -0.4 is 15.1 Å². The van der Waals surface area contributed by atoms with Crippen LogP contribution in [0.4, 0.5) is 5.69 Å². The van der Waals surface area contributed by atoms with E-state index in [1.165, 1.54) is 9.79 Å². The van der Waals surface area contributed by atoms with Crippen LogP contribution in [0.3, 0.4) is 0 Å². The van der Waals surface area contributed by atoms with Crippen molar-refractivity contribution in [2.75, 3.05) is 31.1 Å². The Labute approximate surface area is 146 Å². The Hall–Kier alpha value is -1.39. The molecule has 24 heavy (non-hydrogen) atoms. The molecule has 3 N–H and O–H groups in total. The van der Waals surface area contributed by atoms with Gasteiger partial charge in [-0.3, -0.25) is 10.0 Å². The minimum atomic E-state index is -3.80. The molecule has 1 aromatic carbocycles. The zero-order valence-electron chi connectivity index (χ0n) is 13.3. The van der Waals surface area contributed by atoms with E-state index in [2.05, 4.69) is 9.62 Å². The van der Waals surface area contributed by atoms with E-state index in [1.54, 1.807) is 19.1 Å². The number of piperazine rings is 1. The lowest BCUT2D eigenvalue weighted by molar-refractivity contribution is -0.131. The monoisotopic (exact) mass is 376 g/mol. The summed E-state index contributed by atoms with van der Waals surface area (Å²) in [6.45, 7) is 3.32. The highest BCUT2D eigenvalue weighted by Crippen LogP contribution is 2.20. The standard InChI is InChI=1S/C14H21ClN4O4S/c1-2-13(14(20)16-21)17-24(22,23)19-9-7-18(8-10-19)12-5-3-11(15)4-6-12/h3-6,13,17,21H,2,7-10H2,1H3,(H,16,20)/t13-/m1/s1. The maximum absolute atomic E-state index is 12.4. The van der Waals surface area contributed by atoms with E-state index >= 15 is 0 Å². The highest BCUT2D eigenvalue weighted by atomic mass is 35.5. The van der Waals surface area contributed by atoms with Crippen LogP contribution >= 0.6 is 11.6 Å². The smallest absolute Gasteiger partial charge is 0.280 e. The molecule has 1 aliphatic heterocycles. The summed E-state index contributed by atoms with van der Waals surface area (Å²) in [4.78, 5) is 13.5. The molecule has 0 unspecified atom stereocenters. The number of carbonyl (C=O) groups is 1. The summed E-state index contributed by atoms with van der Waals surface area (Å²) in [5.41, 5.74) is 2.45. The molecule has 1 fully saturated rings. The summed E-state index contributed by atoms with van der Waals surface area (Å²) in [5.74, 6) is -0.777. The molecule has 1 aliphatic rings. The zero-order valence-corrected chi connectivity index (χ0v) is 14.8. The second kappa shape index (κ2) is 8.13. The average Bonchev–Trinajstić information content (AvgIpc) is 2.60. The minimum Gasteiger partial charge on any atom is -0.369 e. The van der Waals surface area contributed by atoms with Crippen molar-refractivity contribution in [2.45, 2.75) is 19.4 Å². The number of carbonyl (C=O) groups excluding carboxylic acids is 1. The number of nitrogens with zero attached hydrogens (tertiary/aromatic N) is 2. The van der Waals surface area contributed by atoms with Gasteiger partial charge in [0.25, 0.3) is 16.1 Å². The number of benzene rings is 1. The Morgan fingerprint density at radius 2 is 1.83 bits per heavy atom. The van der Waals surface area contributed by atoms with Crippen LogP contribution in [0.1, 0.15) is 13.3 Å². The van der Waals surface area contributed by atoms with E-state index in [0.717, 1.165) is 5.69 Å². The quantitative estimate of drug-likeness (QED) is 0.498. The topological polar surface area (TPSA) is 102 Å². The highest BCUT2D eigenvalue weighted by molar-refractivity contribution is 7.87. The number of hydrogen-bond donors (Lipinski definition) is 3. The van der Waals surface area contributed by atoms with Gasteiger partial charge in [-0.1, -0.05) is 18.5 Å². The third-order valence-corrected chi connectivity index (χ3v) is 5.78. The summed E-state index contributed by atoms with van der Waals surface area (Å²) in [6.07, 6.45) is 0.233. The third kappa shape index (κ3) is 4.58. The number of nitrogens with one attached hydrogen (secondary N) is 2. The van der Waals surface area contributed by atoms with Crippen molar-refractivity contribution in [3.05, 3.63) is 29.3 Å². The van der Waals surface area contributed by atoms with Crippen molar-refractivity contribution in [3.63, 3.8) is 0 Å². The lowest BCUT2D eigenvalue weighted by atomic mass is 10.2. The van der Waals surface area contributed by atoms with Gasteiger partial charge >= 0.3 is 0 Å². The fraction of sp³-hybridized carbons (Fsp3) is 0.500. The zero-order chi connectivity index (χ0) is 17.7. The fourth-order valence-electron chi connectivity index (χ4n) is 2.49. The summed E-state index contributed by atoms with van der Waals surface area (Å²) in [5, 5.41) is 9.31. The number of anilines is 1. The Morgan fingerprint density at radius 1 is 1.25 bits per heavy atom. The third-order valence-electron chi connectivity index (χ3n) is 3.90. The predicted octanol–water partition coefficient (Wildman–Crippen LogP) is 0.580. The first-order valence-electron chi connectivity index (χ1n) is 7.59. The fourth-order valence-corrected chi connectivity index (χ4v) is 4.05. The Kier molecular flexibility index (Phi) is 6.41. The molecule has 8 nitrogen and oxygen atoms in total. The molecule has 1 aromatic rings. The van der Waals surface area contributed by atoms with Crippen LogP contribution in [0, 0.1) is 0 Å². The predicted molar refractivity (Wildman–Crippen MR) is 91.3 cm³/mol. The molecule has 1 atom stereocenters. The largest absolute Gasteiger partial charge is 0.369 e. The van der Waals surface area contributed by atoms with Gasteiger partial charge in [-0.25, -0.2) is 5.48 Å². The molecule has 0 aliphatic carbocycles. The van der Waals surface area contributed by atoms with Gasteiger partial charge in [0, 0.05) is 36.9 Å². The van der Waals surface area contributed by atoms with Gasteiger partial charge in [0.2, 0.25) is 0 Å². The number of hydrogen-bond acceptors (Lipinski definition) is 5. The number of amides is 1. The summed E-state index contributed by atoms with van der Waals surface area (Å²) < 4.78 is 28.4. The van der Waals surface area contributed by atoms with Crippen molar-refractivity contribution in [1.82, 2.24) is 14.5 Å². The van der Waals surface area contributed by atoms with Crippen LogP contribution in [0.15, 0.2) is 24.3 Å². The van der Waals surface area contributed by atoms with E-state index in [0.29, 0.717) is 31.2 Å². The summed E-state index contributed by atoms with van der Waals surface area (Å²) in [7, 11) is -3.80. The molecule has 0 spiro atoms. The molecular formula is C14H21ClN4O4S. The molecular weight excluding hydrogens is 356 g/mol. The van der Waals surface area contributed by atoms with Gasteiger partial charge < -0.3 is 4.90 Å². The number of halogens is 1. The molecule has 1 saturated heterocycles. The van der Waals surface area contributed by atoms with E-state index in [9.17, 15) is 13.2 Å². The van der Waals surface area contributed by atoms with Gasteiger partial charge in [0.05, 0.1) is 0 Å². The lowest BCUT2D eigenvalue weighted by Crippen LogP contribution is -2.55. The molecule has 134 valence electrons. The van der Waals surface area contributed by atoms with Crippen molar-refractivity contribution < 1.29 is 18.4 Å². The van der Waals surface area contributed by atoms with Crippen molar-refractivity contribution in [3.8, 4) is 0 Å². The Morgan fingerprint density at radius 3 is 2.33 bits per heavy atom. The Balaban J connectivity index is 1.97. The van der Waals surface area contributed by atoms with Crippen LogP contribution in [-0.2, 0) is 15.0 Å². The maximum atomic E-state index is 12.4. The van der Waals surface area contributed by atoms with E-state index < -0.39 is 22.2 Å². The summed E-state index contributed by atoms with van der Waals surface area (Å²) >= 11 is 5.87. The first-order valence-corrected chi connectivity index (χ1v) is 9.41. The molecule has 0 saturated carbocycles. The maximum Gasteiger partial charge on any atom is 0.280 e. The van der Waals surface area contributed by atoms with Crippen LogP contribution in [0.5, 0.6) is 0 Å². The first-order chi connectivity index (χ1) is 11.4. The SMILES string of the molecule is CC[C@@H](NS(=O)(=O)N1CCN(c2ccc(Cl)cc2)CC1)C(=O)NO. The van der Waals surface area contributed by atoms with Gasteiger partial charge in [-0.05, 0) is 30.7 Å². The second-order valence-corrected chi connectivity index (χ2v) is 7.56. The van der Waals surface area contributed by atoms with Crippen LogP contribution in [0.25, 0.3) is 0 Å². The molecule has 2 rings (SSSR count).